The van der Waals surface area contributed by atoms with Crippen molar-refractivity contribution in [2.24, 2.45) is 0 Å². The Hall–Kier alpha value is -5.82. The van der Waals surface area contributed by atoms with Gasteiger partial charge in [0.2, 0.25) is 5.95 Å². The van der Waals surface area contributed by atoms with Crippen molar-refractivity contribution >= 4 is 40.8 Å². The zero-order valence-electron chi connectivity index (χ0n) is 24.8. The number of ether oxygens (including phenoxy) is 2. The van der Waals surface area contributed by atoms with Crippen LogP contribution < -0.4 is 11.1 Å². The average molecular weight is 623 g/mol. The molecule has 2 aromatic heterocycles. The van der Waals surface area contributed by atoms with Crippen molar-refractivity contribution in [2.45, 2.75) is 30.6 Å². The number of fused-ring (bicyclic) bond motifs is 1. The molecule has 0 spiro atoms. The van der Waals surface area contributed by atoms with E-state index in [9.17, 15) is 24.6 Å². The van der Waals surface area contributed by atoms with Crippen molar-refractivity contribution in [3.8, 4) is 0 Å². The highest BCUT2D eigenvalue weighted by Gasteiger charge is 2.58. The van der Waals surface area contributed by atoms with Crippen molar-refractivity contribution in [1.29, 1.82) is 0 Å². The molecule has 3 aromatic carbocycles. The van der Waals surface area contributed by atoms with E-state index < -0.39 is 41.6 Å². The molecular formula is C33H30N6O7. The standard InChI is InChI=1S/C33H30N6O7/c1-33(22-15-9-8-14-21(22)29(42)43)24(19-12-6-7-13-20(19)28(40)41)23(16-45-30(44)18-10-4-3-5-11-18)46-31(33)39-17-36-25-26(35-2)37-32(34)38-27(25)39/h3-15,17,23-24,31H,16H2,1-2H3,(H,40,41)(H,42,43)(H3,34,35,37,38)/t23-,24-,31+,33-/m0/s1. The summed E-state index contributed by atoms with van der Waals surface area (Å²) < 4.78 is 14.2. The number of carbonyl (C=O) groups excluding carboxylic acids is 1. The second-order valence-electron chi connectivity index (χ2n) is 11.0. The number of esters is 1. The lowest BCUT2D eigenvalue weighted by Crippen LogP contribution is -2.38. The van der Waals surface area contributed by atoms with E-state index in [4.69, 9.17) is 15.2 Å². The summed E-state index contributed by atoms with van der Waals surface area (Å²) in [5.74, 6) is -3.48. The van der Waals surface area contributed by atoms with E-state index in [1.807, 2.05) is 0 Å². The van der Waals surface area contributed by atoms with Crippen molar-refractivity contribution in [3.63, 3.8) is 0 Å². The summed E-state index contributed by atoms with van der Waals surface area (Å²) in [6.07, 6.45) is -0.500. The molecule has 5 N–H and O–H groups in total. The van der Waals surface area contributed by atoms with Crippen LogP contribution in [0.4, 0.5) is 11.8 Å². The van der Waals surface area contributed by atoms with Crippen LogP contribution >= 0.6 is 0 Å². The maximum atomic E-state index is 13.1. The number of carboxylic acids is 2. The Labute approximate surface area is 262 Å². The average Bonchev–Trinajstić information content (AvgIpc) is 3.61. The zero-order valence-corrected chi connectivity index (χ0v) is 24.8. The maximum absolute atomic E-state index is 13.1. The molecule has 0 unspecified atom stereocenters. The van der Waals surface area contributed by atoms with Gasteiger partial charge in [-0.1, -0.05) is 61.5 Å². The van der Waals surface area contributed by atoms with E-state index in [0.717, 1.165) is 0 Å². The highest BCUT2D eigenvalue weighted by Crippen LogP contribution is 2.57. The lowest BCUT2D eigenvalue weighted by molar-refractivity contribution is -0.0432. The first-order valence-corrected chi connectivity index (χ1v) is 14.4. The first-order valence-electron chi connectivity index (χ1n) is 14.4. The highest BCUT2D eigenvalue weighted by molar-refractivity contribution is 5.92. The Morgan fingerprint density at radius 2 is 1.61 bits per heavy atom. The first-order chi connectivity index (χ1) is 22.1. The molecule has 1 fully saturated rings. The van der Waals surface area contributed by atoms with Crippen LogP contribution in [0.15, 0.2) is 85.2 Å². The fourth-order valence-electron chi connectivity index (χ4n) is 6.44. The summed E-state index contributed by atoms with van der Waals surface area (Å²) in [7, 11) is 1.66. The number of nitrogens with two attached hydrogens (primary N) is 1. The first kappa shape index (κ1) is 30.2. The van der Waals surface area contributed by atoms with Gasteiger partial charge < -0.3 is 30.7 Å². The molecule has 13 heteroatoms. The van der Waals surface area contributed by atoms with Gasteiger partial charge in [-0.25, -0.2) is 19.4 Å². The topological polar surface area (TPSA) is 192 Å². The Morgan fingerprint density at radius 3 is 2.30 bits per heavy atom. The van der Waals surface area contributed by atoms with Gasteiger partial charge in [0.25, 0.3) is 0 Å². The molecule has 0 radical (unpaired) electrons. The quantitative estimate of drug-likeness (QED) is 0.170. The van der Waals surface area contributed by atoms with Gasteiger partial charge in [-0.3, -0.25) is 4.57 Å². The number of nitrogens with zero attached hydrogens (tertiary/aromatic N) is 4. The van der Waals surface area contributed by atoms with E-state index in [1.54, 1.807) is 85.3 Å². The minimum Gasteiger partial charge on any atom is -0.478 e. The van der Waals surface area contributed by atoms with Crippen molar-refractivity contribution in [3.05, 3.63) is 113 Å². The third kappa shape index (κ3) is 5.06. The van der Waals surface area contributed by atoms with Gasteiger partial charge in [-0.15, -0.1) is 0 Å². The molecule has 6 rings (SSSR count). The van der Waals surface area contributed by atoms with Gasteiger partial charge in [0.15, 0.2) is 17.0 Å². The van der Waals surface area contributed by atoms with Gasteiger partial charge in [-0.2, -0.15) is 9.97 Å². The van der Waals surface area contributed by atoms with Crippen LogP contribution in [0.3, 0.4) is 0 Å². The summed E-state index contributed by atoms with van der Waals surface area (Å²) in [6, 6.07) is 21.3. The summed E-state index contributed by atoms with van der Waals surface area (Å²) in [6.45, 7) is 1.52. The van der Waals surface area contributed by atoms with Crippen LogP contribution in [0, 0.1) is 0 Å². The molecule has 4 atom stereocenters. The number of hydrogen-bond acceptors (Lipinski definition) is 10. The lowest BCUT2D eigenvalue weighted by Gasteiger charge is -2.38. The largest absolute Gasteiger partial charge is 0.478 e. The van der Waals surface area contributed by atoms with Crippen LogP contribution in [0.5, 0.6) is 0 Å². The third-order valence-corrected chi connectivity index (χ3v) is 8.41. The number of carboxylic acid groups (broad SMARTS) is 2. The van der Waals surface area contributed by atoms with Gasteiger partial charge in [0, 0.05) is 18.4 Å². The SMILES string of the molecule is CNc1nc(N)nc2c1ncn2[C@@H]1O[C@@H](COC(=O)c2ccccc2)[C@H](c2ccccc2C(=O)O)[C@]1(C)c1ccccc1C(=O)O. The molecular weight excluding hydrogens is 592 g/mol. The van der Waals surface area contributed by atoms with Crippen LogP contribution in [0.1, 0.15) is 61.3 Å². The summed E-state index contributed by atoms with van der Waals surface area (Å²) in [5.41, 5.74) is 6.49. The van der Waals surface area contributed by atoms with Crippen molar-refractivity contribution < 1.29 is 34.1 Å². The second-order valence-corrected chi connectivity index (χ2v) is 11.0. The highest BCUT2D eigenvalue weighted by atomic mass is 16.6. The molecule has 3 heterocycles. The second kappa shape index (κ2) is 11.9. The van der Waals surface area contributed by atoms with Crippen LogP contribution in [0.2, 0.25) is 0 Å². The number of nitrogen functional groups attached to an aromatic ring is 1. The number of benzene rings is 3. The third-order valence-electron chi connectivity index (χ3n) is 8.41. The minimum absolute atomic E-state index is 0.00491. The normalized spacial score (nSPS) is 20.8. The monoisotopic (exact) mass is 622 g/mol. The van der Waals surface area contributed by atoms with E-state index >= 15 is 0 Å². The predicted octanol–water partition coefficient (Wildman–Crippen LogP) is 4.34. The van der Waals surface area contributed by atoms with E-state index in [-0.39, 0.29) is 23.7 Å². The molecule has 0 saturated carbocycles. The Morgan fingerprint density at radius 1 is 0.957 bits per heavy atom. The molecule has 46 heavy (non-hydrogen) atoms. The molecule has 5 aromatic rings. The van der Waals surface area contributed by atoms with Crippen LogP contribution in [-0.2, 0) is 14.9 Å². The number of hydrogen-bond donors (Lipinski definition) is 4. The number of rotatable bonds is 9. The van der Waals surface area contributed by atoms with E-state index in [2.05, 4.69) is 20.3 Å². The number of anilines is 2. The lowest BCUT2D eigenvalue weighted by atomic mass is 9.65. The van der Waals surface area contributed by atoms with Crippen LogP contribution in [0.25, 0.3) is 11.2 Å². The van der Waals surface area contributed by atoms with Crippen LogP contribution in [-0.4, -0.2) is 67.4 Å². The minimum atomic E-state index is -1.31. The Balaban J connectivity index is 1.60. The van der Waals surface area contributed by atoms with E-state index in [1.165, 1.54) is 18.5 Å². The number of nitrogens with one attached hydrogen (secondary N) is 1. The molecule has 0 bridgehead atoms. The Kier molecular flexibility index (Phi) is 7.84. The number of aromatic carboxylic acids is 2. The number of aromatic nitrogens is 4. The summed E-state index contributed by atoms with van der Waals surface area (Å²) in [4.78, 5) is 51.5. The summed E-state index contributed by atoms with van der Waals surface area (Å²) >= 11 is 0. The molecule has 13 nitrogen and oxygen atoms in total. The zero-order chi connectivity index (χ0) is 32.6. The van der Waals surface area contributed by atoms with Gasteiger partial charge in [0.1, 0.15) is 18.9 Å². The fraction of sp³-hybridized carbons (Fsp3) is 0.212. The molecule has 234 valence electrons. The maximum Gasteiger partial charge on any atom is 0.338 e. The molecule has 1 aliphatic heterocycles. The predicted molar refractivity (Wildman–Crippen MR) is 167 cm³/mol. The summed E-state index contributed by atoms with van der Waals surface area (Å²) in [5, 5.41) is 23.6. The van der Waals surface area contributed by atoms with E-state index in [0.29, 0.717) is 33.7 Å². The Bertz CT molecular complexity index is 1960. The fourth-order valence-corrected chi connectivity index (χ4v) is 6.44. The number of imidazole rings is 1. The van der Waals surface area contributed by atoms with Gasteiger partial charge >= 0.3 is 17.9 Å². The molecule has 1 saturated heterocycles. The van der Waals surface area contributed by atoms with Crippen molar-refractivity contribution in [2.75, 3.05) is 24.7 Å². The smallest absolute Gasteiger partial charge is 0.338 e. The number of carbonyl (C=O) groups is 3. The van der Waals surface area contributed by atoms with Gasteiger partial charge in [0.05, 0.1) is 23.0 Å². The molecule has 1 aliphatic rings. The molecule has 0 aliphatic carbocycles. The van der Waals surface area contributed by atoms with Gasteiger partial charge in [-0.05, 0) is 35.4 Å². The van der Waals surface area contributed by atoms with Crippen molar-refractivity contribution in [1.82, 2.24) is 19.5 Å². The molecule has 0 amide bonds.